The van der Waals surface area contributed by atoms with Crippen LogP contribution in [0.5, 0.6) is 5.75 Å². The molecule has 2 N–H and O–H groups in total. The van der Waals surface area contributed by atoms with Crippen molar-refractivity contribution >= 4 is 58.7 Å². The second-order valence-electron chi connectivity index (χ2n) is 9.21. The Morgan fingerprint density at radius 3 is 2.34 bits per heavy atom. The molecule has 0 saturated carbocycles. The second-order valence-corrected chi connectivity index (χ2v) is 9.62. The summed E-state index contributed by atoms with van der Waals surface area (Å²) in [6, 6.07) is 13.7. The van der Waals surface area contributed by atoms with E-state index in [9.17, 15) is 24.0 Å². The van der Waals surface area contributed by atoms with E-state index in [1.165, 1.54) is 49.5 Å². The van der Waals surface area contributed by atoms with Gasteiger partial charge in [-0.25, -0.2) is 9.59 Å². The summed E-state index contributed by atoms with van der Waals surface area (Å²) in [5.74, 6) is -2.67. The van der Waals surface area contributed by atoms with Gasteiger partial charge in [-0.15, -0.1) is 0 Å². The summed E-state index contributed by atoms with van der Waals surface area (Å²) in [5.41, 5.74) is 1.43. The summed E-state index contributed by atoms with van der Waals surface area (Å²) in [7, 11) is 2.68. The third kappa shape index (κ3) is 6.81. The van der Waals surface area contributed by atoms with Gasteiger partial charge >= 0.3 is 23.8 Å². The molecule has 3 amide bonds. The molecule has 12 nitrogen and oxygen atoms in total. The lowest BCUT2D eigenvalue weighted by atomic mass is 10.1. The highest BCUT2D eigenvalue weighted by molar-refractivity contribution is 6.39. The Morgan fingerprint density at radius 2 is 1.70 bits per heavy atom. The minimum Gasteiger partial charge on any atom is -0.495 e. The van der Waals surface area contributed by atoms with E-state index in [2.05, 4.69) is 10.6 Å². The normalized spacial score (nSPS) is 13.6. The quantitative estimate of drug-likeness (QED) is 0.203. The predicted molar refractivity (Wildman–Crippen MR) is 160 cm³/mol. The second kappa shape index (κ2) is 13.7. The van der Waals surface area contributed by atoms with Gasteiger partial charge in [-0.05, 0) is 74.5 Å². The molecule has 0 unspecified atom stereocenters. The zero-order valence-corrected chi connectivity index (χ0v) is 24.9. The summed E-state index contributed by atoms with van der Waals surface area (Å²) in [6.07, 6.45) is 1.39. The molecule has 0 aliphatic carbocycles. The van der Waals surface area contributed by atoms with Crippen molar-refractivity contribution in [1.29, 1.82) is 0 Å². The van der Waals surface area contributed by atoms with Crippen molar-refractivity contribution in [3.63, 3.8) is 0 Å². The van der Waals surface area contributed by atoms with Crippen LogP contribution in [-0.2, 0) is 35.2 Å². The maximum Gasteiger partial charge on any atom is 0.340 e. The van der Waals surface area contributed by atoms with E-state index in [0.717, 1.165) is 0 Å². The van der Waals surface area contributed by atoms with Crippen molar-refractivity contribution in [2.75, 3.05) is 31.0 Å². The fraction of sp³-hybridized carbons (Fsp3) is 0.194. The lowest BCUT2D eigenvalue weighted by Gasteiger charge is -2.18. The fourth-order valence-electron chi connectivity index (χ4n) is 4.33. The van der Waals surface area contributed by atoms with Gasteiger partial charge in [0.2, 0.25) is 0 Å². The number of methoxy groups -OCH3 is 2. The Kier molecular flexibility index (Phi) is 9.86. The van der Waals surface area contributed by atoms with Gasteiger partial charge in [0.25, 0.3) is 5.91 Å². The smallest absolute Gasteiger partial charge is 0.340 e. The molecule has 44 heavy (non-hydrogen) atoms. The summed E-state index contributed by atoms with van der Waals surface area (Å²) in [6.45, 7) is 3.39. The van der Waals surface area contributed by atoms with Crippen LogP contribution in [0.4, 0.5) is 11.4 Å². The first-order chi connectivity index (χ1) is 21.1. The van der Waals surface area contributed by atoms with Crippen molar-refractivity contribution in [3.8, 4) is 5.75 Å². The number of rotatable bonds is 9. The minimum absolute atomic E-state index is 0.0274. The van der Waals surface area contributed by atoms with E-state index >= 15 is 0 Å². The summed E-state index contributed by atoms with van der Waals surface area (Å²) in [4.78, 5) is 64.0. The van der Waals surface area contributed by atoms with Crippen molar-refractivity contribution in [2.24, 2.45) is 0 Å². The van der Waals surface area contributed by atoms with Gasteiger partial charge in [0.15, 0.2) is 0 Å². The van der Waals surface area contributed by atoms with Crippen LogP contribution in [0.2, 0.25) is 5.02 Å². The van der Waals surface area contributed by atoms with Gasteiger partial charge < -0.3 is 29.3 Å². The molecular formula is C31H28ClN3O9. The maximum absolute atomic E-state index is 13.5. The zero-order valence-electron chi connectivity index (χ0n) is 24.2. The van der Waals surface area contributed by atoms with Crippen LogP contribution in [-0.4, -0.2) is 50.5 Å². The predicted octanol–water partition coefficient (Wildman–Crippen LogP) is 4.25. The van der Waals surface area contributed by atoms with E-state index in [-0.39, 0.29) is 40.8 Å². The van der Waals surface area contributed by atoms with Gasteiger partial charge in [-0.3, -0.25) is 19.3 Å². The number of esters is 2. The van der Waals surface area contributed by atoms with Crippen molar-refractivity contribution in [1.82, 2.24) is 5.32 Å². The zero-order chi connectivity index (χ0) is 32.0. The summed E-state index contributed by atoms with van der Waals surface area (Å²) in [5, 5.41) is 5.16. The molecule has 3 aromatic rings. The van der Waals surface area contributed by atoms with Crippen LogP contribution < -0.4 is 20.3 Å². The van der Waals surface area contributed by atoms with E-state index in [4.69, 9.17) is 30.2 Å². The first-order valence-corrected chi connectivity index (χ1v) is 13.6. The van der Waals surface area contributed by atoms with E-state index < -0.39 is 29.7 Å². The topological polar surface area (TPSA) is 153 Å². The number of halogens is 1. The van der Waals surface area contributed by atoms with Crippen LogP contribution in [0.15, 0.2) is 75.9 Å². The van der Waals surface area contributed by atoms with E-state index in [0.29, 0.717) is 28.4 Å². The lowest BCUT2D eigenvalue weighted by molar-refractivity contribution is -0.136. The Balaban J connectivity index is 1.44. The number of furan rings is 1. The molecule has 0 saturated heterocycles. The number of hydrogen-bond acceptors (Lipinski definition) is 9. The largest absolute Gasteiger partial charge is 0.495 e. The van der Waals surface area contributed by atoms with E-state index in [1.807, 2.05) is 0 Å². The molecule has 0 bridgehead atoms. The van der Waals surface area contributed by atoms with Gasteiger partial charge in [-0.2, -0.15) is 0 Å². The highest BCUT2D eigenvalue weighted by Crippen LogP contribution is 2.38. The molecule has 2 aromatic carbocycles. The van der Waals surface area contributed by atoms with Crippen molar-refractivity contribution < 1.29 is 42.6 Å². The Bertz CT molecular complexity index is 1690. The van der Waals surface area contributed by atoms with Crippen molar-refractivity contribution in [2.45, 2.75) is 20.4 Å². The number of nitrogens with one attached hydrogen (secondary N) is 2. The van der Waals surface area contributed by atoms with Gasteiger partial charge in [0.05, 0.1) is 54.8 Å². The Hall–Kier alpha value is -5.36. The van der Waals surface area contributed by atoms with Crippen LogP contribution in [0.25, 0.3) is 6.08 Å². The van der Waals surface area contributed by atoms with Crippen molar-refractivity contribution in [3.05, 3.63) is 93.5 Å². The monoisotopic (exact) mass is 621 g/mol. The summed E-state index contributed by atoms with van der Waals surface area (Å²) >= 11 is 6.27. The highest BCUT2D eigenvalue weighted by atomic mass is 35.5. The summed E-state index contributed by atoms with van der Waals surface area (Å²) < 4.78 is 20.8. The number of nitrogens with zero attached hydrogens (tertiary/aromatic N) is 1. The molecule has 0 radical (unpaired) electrons. The van der Waals surface area contributed by atoms with Crippen LogP contribution in [0, 0.1) is 0 Å². The third-order valence-electron chi connectivity index (χ3n) is 6.44. The SMILES string of the molecule is CCOC(=O)c1ccc(NC(=O)C(=O)NCc2ccc(/C=C3/C(=O)N(c4ccc(OC)c(Cl)c4)C(C)=C3C(=O)OC)o2)cc1. The van der Waals surface area contributed by atoms with Crippen LogP contribution in [0.3, 0.4) is 0 Å². The number of carbonyl (C=O) groups is 5. The standard InChI is InChI=1S/C31H28ClN3O9/c1-5-43-30(39)18-6-8-19(9-7-18)34-28(37)27(36)33-16-22-12-11-21(44-22)15-23-26(31(40)42-4)17(2)35(29(23)38)20-10-13-25(41-3)24(32)14-20/h6-15H,5,16H2,1-4H3,(H,33,36)(H,34,37)/b23-15+. The van der Waals surface area contributed by atoms with Gasteiger partial charge in [0.1, 0.15) is 17.3 Å². The van der Waals surface area contributed by atoms with Crippen LogP contribution in [0.1, 0.15) is 35.7 Å². The average molecular weight is 622 g/mol. The number of amides is 3. The Labute approximate surface area is 257 Å². The molecule has 13 heteroatoms. The average Bonchev–Trinajstić information content (AvgIpc) is 3.56. The lowest BCUT2D eigenvalue weighted by Crippen LogP contribution is -2.34. The number of benzene rings is 2. The first kappa shape index (κ1) is 31.6. The van der Waals surface area contributed by atoms with Gasteiger partial charge in [0, 0.05) is 11.4 Å². The molecule has 228 valence electrons. The number of carbonyl (C=O) groups excluding carboxylic acids is 5. The molecule has 4 rings (SSSR count). The molecule has 0 atom stereocenters. The number of allylic oxidation sites excluding steroid dienone is 1. The number of ether oxygens (including phenoxy) is 3. The molecule has 1 aromatic heterocycles. The first-order valence-electron chi connectivity index (χ1n) is 13.2. The molecule has 1 aliphatic rings. The molecular weight excluding hydrogens is 594 g/mol. The molecule has 1 aliphatic heterocycles. The van der Waals surface area contributed by atoms with Gasteiger partial charge in [-0.1, -0.05) is 11.6 Å². The number of anilines is 2. The van der Waals surface area contributed by atoms with Crippen LogP contribution >= 0.6 is 11.6 Å². The molecule has 0 fully saturated rings. The Morgan fingerprint density at radius 1 is 0.977 bits per heavy atom. The number of hydrogen-bond donors (Lipinski definition) is 2. The minimum atomic E-state index is -0.929. The maximum atomic E-state index is 13.5. The highest BCUT2D eigenvalue weighted by Gasteiger charge is 2.38. The molecule has 2 heterocycles. The van der Waals surface area contributed by atoms with E-state index in [1.54, 1.807) is 44.2 Å². The third-order valence-corrected chi connectivity index (χ3v) is 6.73. The fourth-order valence-corrected chi connectivity index (χ4v) is 4.59. The molecule has 0 spiro atoms.